The van der Waals surface area contributed by atoms with Gasteiger partial charge in [0.2, 0.25) is 11.7 Å². The smallest absolute Gasteiger partial charge is 0.235 e. The molecule has 7 heteroatoms. The summed E-state index contributed by atoms with van der Waals surface area (Å²) < 4.78 is 16.6. The zero-order valence-corrected chi connectivity index (χ0v) is 12.2. The lowest BCUT2D eigenvalue weighted by Crippen LogP contribution is -2.49. The van der Waals surface area contributed by atoms with Crippen LogP contribution < -0.4 is 0 Å². The van der Waals surface area contributed by atoms with Crippen LogP contribution in [0.2, 0.25) is 0 Å². The average molecular weight is 293 g/mol. The Labute approximate surface area is 120 Å². The number of thiazole rings is 1. The molecule has 3 aliphatic rings. The third-order valence-corrected chi connectivity index (χ3v) is 4.98. The summed E-state index contributed by atoms with van der Waals surface area (Å²) in [6.07, 6.45) is 3.61. The standard InChI is InChI=1S/C13H15N3O3S/c1-8-3-14-10(20-8)9-15-11(19-16-9)12-4-13(5-12,7-17-2)18-6-12/h3H,4-7H2,1-2H3. The topological polar surface area (TPSA) is 70.3 Å². The molecule has 0 amide bonds. The van der Waals surface area contributed by atoms with Gasteiger partial charge in [-0.1, -0.05) is 5.16 Å². The molecule has 1 aliphatic carbocycles. The second-order valence-electron chi connectivity index (χ2n) is 5.74. The van der Waals surface area contributed by atoms with E-state index in [1.165, 1.54) is 0 Å². The first-order valence-electron chi connectivity index (χ1n) is 6.55. The SMILES string of the molecule is COCC12CC(c3nc(-c4ncc(C)s4)no3)(CO1)C2. The monoisotopic (exact) mass is 293 g/mol. The molecule has 0 radical (unpaired) electrons. The molecule has 0 atom stereocenters. The number of hydrogen-bond acceptors (Lipinski definition) is 7. The minimum atomic E-state index is -0.138. The lowest BCUT2D eigenvalue weighted by atomic mass is 9.62. The Balaban J connectivity index is 1.58. The number of fused-ring (bicyclic) bond motifs is 1. The Morgan fingerprint density at radius 1 is 1.45 bits per heavy atom. The van der Waals surface area contributed by atoms with Crippen LogP contribution in [0.15, 0.2) is 10.7 Å². The third kappa shape index (κ3) is 1.66. The van der Waals surface area contributed by atoms with Crippen LogP contribution in [0, 0.1) is 6.92 Å². The summed E-state index contributed by atoms with van der Waals surface area (Å²) >= 11 is 1.57. The minimum absolute atomic E-state index is 0.115. The Kier molecular flexibility index (Phi) is 2.55. The van der Waals surface area contributed by atoms with Gasteiger partial charge in [-0.05, 0) is 19.8 Å². The highest BCUT2D eigenvalue weighted by atomic mass is 32.1. The van der Waals surface area contributed by atoms with Crippen LogP contribution in [0.3, 0.4) is 0 Å². The van der Waals surface area contributed by atoms with Crippen LogP contribution >= 0.6 is 11.3 Å². The molecular weight excluding hydrogens is 278 g/mol. The highest BCUT2D eigenvalue weighted by Gasteiger charge is 2.66. The van der Waals surface area contributed by atoms with E-state index >= 15 is 0 Å². The number of nitrogens with zero attached hydrogens (tertiary/aromatic N) is 3. The van der Waals surface area contributed by atoms with Crippen molar-refractivity contribution in [3.05, 3.63) is 17.0 Å². The second kappa shape index (κ2) is 4.09. The maximum absolute atomic E-state index is 5.87. The van der Waals surface area contributed by atoms with Crippen LogP contribution in [-0.2, 0) is 14.9 Å². The van der Waals surface area contributed by atoms with Crippen molar-refractivity contribution in [1.82, 2.24) is 15.1 Å². The van der Waals surface area contributed by atoms with E-state index in [0.29, 0.717) is 24.9 Å². The van der Waals surface area contributed by atoms with E-state index in [9.17, 15) is 0 Å². The fourth-order valence-electron chi connectivity index (χ4n) is 3.28. The summed E-state index contributed by atoms with van der Waals surface area (Å²) in [6.45, 7) is 3.27. The quantitative estimate of drug-likeness (QED) is 0.858. The Morgan fingerprint density at radius 3 is 3.00 bits per heavy atom. The maximum atomic E-state index is 5.87. The van der Waals surface area contributed by atoms with Crippen molar-refractivity contribution in [2.45, 2.75) is 30.8 Å². The summed E-state index contributed by atoms with van der Waals surface area (Å²) in [5, 5.41) is 4.86. The highest BCUT2D eigenvalue weighted by Crippen LogP contribution is 2.58. The first-order valence-corrected chi connectivity index (χ1v) is 7.36. The van der Waals surface area contributed by atoms with Gasteiger partial charge < -0.3 is 14.0 Å². The molecule has 2 aliphatic heterocycles. The molecule has 0 aromatic carbocycles. The van der Waals surface area contributed by atoms with Crippen molar-refractivity contribution in [1.29, 1.82) is 0 Å². The number of aromatic nitrogens is 3. The molecule has 0 N–H and O–H groups in total. The fraction of sp³-hybridized carbons (Fsp3) is 0.615. The van der Waals surface area contributed by atoms with E-state index in [-0.39, 0.29) is 11.0 Å². The molecule has 2 bridgehead atoms. The van der Waals surface area contributed by atoms with E-state index in [4.69, 9.17) is 14.0 Å². The lowest BCUT2D eigenvalue weighted by molar-refractivity contribution is -0.0634. The zero-order valence-electron chi connectivity index (χ0n) is 11.4. The molecule has 4 heterocycles. The highest BCUT2D eigenvalue weighted by molar-refractivity contribution is 7.14. The van der Waals surface area contributed by atoms with Gasteiger partial charge in [-0.3, -0.25) is 0 Å². The van der Waals surface area contributed by atoms with Crippen molar-refractivity contribution in [2.24, 2.45) is 0 Å². The molecule has 1 saturated carbocycles. The minimum Gasteiger partial charge on any atom is -0.382 e. The van der Waals surface area contributed by atoms with Crippen molar-refractivity contribution in [3.63, 3.8) is 0 Å². The molecule has 106 valence electrons. The van der Waals surface area contributed by atoms with Crippen LogP contribution in [0.25, 0.3) is 10.8 Å². The molecule has 2 aromatic rings. The predicted octanol–water partition coefficient (Wildman–Crippen LogP) is 1.95. The molecule has 2 saturated heterocycles. The lowest BCUT2D eigenvalue weighted by Gasteiger charge is -2.41. The van der Waals surface area contributed by atoms with Crippen LogP contribution in [-0.4, -0.2) is 41.0 Å². The summed E-state index contributed by atoms with van der Waals surface area (Å²) in [5.74, 6) is 1.24. The van der Waals surface area contributed by atoms with Crippen LogP contribution in [0.4, 0.5) is 0 Å². The Bertz CT molecular complexity index is 645. The van der Waals surface area contributed by atoms with Crippen LogP contribution in [0.1, 0.15) is 23.6 Å². The predicted molar refractivity (Wildman–Crippen MR) is 71.6 cm³/mol. The van der Waals surface area contributed by atoms with E-state index in [1.54, 1.807) is 18.4 Å². The van der Waals surface area contributed by atoms with Crippen molar-refractivity contribution < 1.29 is 14.0 Å². The summed E-state index contributed by atoms with van der Waals surface area (Å²) in [4.78, 5) is 9.95. The molecule has 0 spiro atoms. The van der Waals surface area contributed by atoms with Gasteiger partial charge in [0.15, 0.2) is 5.01 Å². The van der Waals surface area contributed by atoms with Gasteiger partial charge in [0.25, 0.3) is 0 Å². The number of methoxy groups -OCH3 is 1. The van der Waals surface area contributed by atoms with Gasteiger partial charge in [0.1, 0.15) is 0 Å². The van der Waals surface area contributed by atoms with E-state index in [2.05, 4.69) is 15.1 Å². The largest absolute Gasteiger partial charge is 0.382 e. The summed E-state index contributed by atoms with van der Waals surface area (Å²) in [7, 11) is 1.70. The summed E-state index contributed by atoms with van der Waals surface area (Å²) in [6, 6.07) is 0. The van der Waals surface area contributed by atoms with Crippen LogP contribution in [0.5, 0.6) is 0 Å². The number of ether oxygens (including phenoxy) is 2. The Morgan fingerprint density at radius 2 is 2.30 bits per heavy atom. The average Bonchev–Trinajstić information content (AvgIpc) is 3.08. The van der Waals surface area contributed by atoms with Gasteiger partial charge in [-0.25, -0.2) is 4.98 Å². The fourth-order valence-corrected chi connectivity index (χ4v) is 3.97. The molecule has 3 fully saturated rings. The van der Waals surface area contributed by atoms with Crippen molar-refractivity contribution in [3.8, 4) is 10.8 Å². The Hall–Kier alpha value is -1.31. The van der Waals surface area contributed by atoms with E-state index < -0.39 is 0 Å². The van der Waals surface area contributed by atoms with Crippen molar-refractivity contribution in [2.75, 3.05) is 20.3 Å². The second-order valence-corrected chi connectivity index (χ2v) is 6.97. The molecule has 0 unspecified atom stereocenters. The molecule has 2 aromatic heterocycles. The maximum Gasteiger partial charge on any atom is 0.235 e. The summed E-state index contributed by atoms with van der Waals surface area (Å²) in [5.41, 5.74) is -0.253. The molecular formula is C13H15N3O3S. The van der Waals surface area contributed by atoms with Gasteiger partial charge >= 0.3 is 0 Å². The zero-order chi connectivity index (χ0) is 13.8. The van der Waals surface area contributed by atoms with Gasteiger partial charge in [-0.15, -0.1) is 11.3 Å². The first-order chi connectivity index (χ1) is 9.65. The number of aryl methyl sites for hydroxylation is 1. The van der Waals surface area contributed by atoms with Crippen molar-refractivity contribution >= 4 is 11.3 Å². The van der Waals surface area contributed by atoms with Gasteiger partial charge in [-0.2, -0.15) is 4.98 Å². The van der Waals surface area contributed by atoms with Gasteiger partial charge in [0.05, 0.1) is 24.2 Å². The van der Waals surface area contributed by atoms with E-state index in [0.717, 1.165) is 22.7 Å². The normalized spacial score (nSPS) is 31.5. The molecule has 20 heavy (non-hydrogen) atoms. The van der Waals surface area contributed by atoms with E-state index in [1.807, 2.05) is 13.1 Å². The molecule has 5 rings (SSSR count). The first kappa shape index (κ1) is 12.4. The molecule has 6 nitrogen and oxygen atoms in total. The van der Waals surface area contributed by atoms with Gasteiger partial charge in [0, 0.05) is 18.2 Å². The number of rotatable bonds is 4. The number of hydrogen-bond donors (Lipinski definition) is 0. The third-order valence-electron chi connectivity index (χ3n) is 4.08.